The van der Waals surface area contributed by atoms with E-state index in [1.54, 1.807) is 13.3 Å². The number of methoxy groups -OCH3 is 1. The van der Waals surface area contributed by atoms with Crippen molar-refractivity contribution in [3.05, 3.63) is 94.8 Å². The number of rotatable bonds is 7. The Hall–Kier alpha value is -2.98. The minimum atomic E-state index is 0.0179. The fourth-order valence-corrected chi connectivity index (χ4v) is 4.12. The van der Waals surface area contributed by atoms with Crippen LogP contribution in [-0.2, 0) is 4.74 Å². The van der Waals surface area contributed by atoms with E-state index in [-0.39, 0.29) is 11.7 Å². The smallest absolute Gasteiger partial charge is 0.163 e. The maximum absolute atomic E-state index is 13.1. The van der Waals surface area contributed by atoms with Gasteiger partial charge in [0, 0.05) is 55.7 Å². The molecule has 0 amide bonds. The number of pyridine rings is 1. The average molecular weight is 401 g/mol. The van der Waals surface area contributed by atoms with Crippen molar-refractivity contribution in [2.24, 2.45) is 0 Å². The number of anilines is 1. The summed E-state index contributed by atoms with van der Waals surface area (Å²) in [6, 6.07) is 20.7. The predicted octanol–water partition coefficient (Wildman–Crippen LogP) is 4.94. The summed E-state index contributed by atoms with van der Waals surface area (Å²) in [6.07, 6.45) is 2.47. The van der Waals surface area contributed by atoms with Crippen LogP contribution in [0.2, 0.25) is 0 Å². The lowest BCUT2D eigenvalue weighted by Crippen LogP contribution is -2.51. The van der Waals surface area contributed by atoms with Gasteiger partial charge < -0.3 is 9.64 Å². The Morgan fingerprint density at radius 1 is 1.10 bits per heavy atom. The summed E-state index contributed by atoms with van der Waals surface area (Å²) in [5, 5.41) is 0. The van der Waals surface area contributed by atoms with Gasteiger partial charge in [-0.25, -0.2) is 0 Å². The molecule has 30 heavy (non-hydrogen) atoms. The quantitative estimate of drug-likeness (QED) is 0.527. The number of aromatic nitrogens is 1. The summed E-state index contributed by atoms with van der Waals surface area (Å²) < 4.78 is 5.38. The van der Waals surface area contributed by atoms with E-state index in [1.165, 1.54) is 16.8 Å². The van der Waals surface area contributed by atoms with Gasteiger partial charge in [-0.1, -0.05) is 36.4 Å². The van der Waals surface area contributed by atoms with Gasteiger partial charge in [-0.3, -0.25) is 9.78 Å². The summed E-state index contributed by atoms with van der Waals surface area (Å²) in [5.74, 6) is 0.160. The lowest BCUT2D eigenvalue weighted by molar-refractivity contribution is 0.0787. The zero-order chi connectivity index (χ0) is 21.1. The molecule has 1 aromatic heterocycles. The Morgan fingerprint density at radius 2 is 1.83 bits per heavy atom. The topological polar surface area (TPSA) is 42.4 Å². The molecule has 0 spiro atoms. The maximum atomic E-state index is 13.1. The van der Waals surface area contributed by atoms with Gasteiger partial charge in [0.15, 0.2) is 5.78 Å². The summed E-state index contributed by atoms with van der Waals surface area (Å²) in [5.41, 5.74) is 6.36. The lowest BCUT2D eigenvalue weighted by atomic mass is 9.83. The number of hydrogen-bond donors (Lipinski definition) is 0. The third kappa shape index (κ3) is 4.29. The fourth-order valence-electron chi connectivity index (χ4n) is 4.12. The first kappa shape index (κ1) is 20.3. The van der Waals surface area contributed by atoms with Crippen molar-refractivity contribution >= 4 is 11.5 Å². The molecular weight excluding hydrogens is 372 g/mol. The van der Waals surface area contributed by atoms with Crippen molar-refractivity contribution in [2.75, 3.05) is 25.1 Å². The molecule has 2 heterocycles. The van der Waals surface area contributed by atoms with Crippen molar-refractivity contribution < 1.29 is 9.53 Å². The molecule has 0 radical (unpaired) electrons. The summed E-state index contributed by atoms with van der Waals surface area (Å²) in [4.78, 5) is 19.6. The van der Waals surface area contributed by atoms with Gasteiger partial charge in [-0.15, -0.1) is 0 Å². The zero-order valence-electron chi connectivity index (χ0n) is 17.8. The highest BCUT2D eigenvalue weighted by Gasteiger charge is 2.27. The minimum absolute atomic E-state index is 0.0179. The standard InChI is InChI=1S/C26H28N2O2/c1-18-6-4-5-7-24(18)25(15-26(29)21-12-13-27-19(2)14-21)20-8-10-22(11-9-20)28-16-23(17-28)30-3/h4-14,23,25H,15-17H2,1-3H3/t25-/m1/s1. The number of Topliss-reactive ketones (excluding diaryl/α,β-unsaturated/α-hetero) is 1. The van der Waals surface area contributed by atoms with Crippen LogP contribution >= 0.6 is 0 Å². The zero-order valence-corrected chi connectivity index (χ0v) is 17.8. The molecule has 0 saturated carbocycles. The van der Waals surface area contributed by atoms with Crippen LogP contribution in [0.4, 0.5) is 5.69 Å². The van der Waals surface area contributed by atoms with Gasteiger partial charge in [0.1, 0.15) is 0 Å². The van der Waals surface area contributed by atoms with E-state index in [9.17, 15) is 4.79 Å². The van der Waals surface area contributed by atoms with Crippen molar-refractivity contribution in [3.8, 4) is 0 Å². The molecule has 1 aliphatic heterocycles. The van der Waals surface area contributed by atoms with Gasteiger partial charge in [-0.05, 0) is 54.8 Å². The van der Waals surface area contributed by atoms with E-state index in [1.807, 2.05) is 25.1 Å². The van der Waals surface area contributed by atoms with E-state index >= 15 is 0 Å². The number of aryl methyl sites for hydroxylation is 2. The molecule has 0 aliphatic carbocycles. The molecule has 4 rings (SSSR count). The van der Waals surface area contributed by atoms with Crippen LogP contribution in [0.1, 0.15) is 45.1 Å². The first-order valence-electron chi connectivity index (χ1n) is 10.4. The summed E-state index contributed by atoms with van der Waals surface area (Å²) in [7, 11) is 1.76. The van der Waals surface area contributed by atoms with Crippen molar-refractivity contribution in [3.63, 3.8) is 0 Å². The van der Waals surface area contributed by atoms with Crippen LogP contribution in [0.15, 0.2) is 66.9 Å². The van der Waals surface area contributed by atoms with Crippen molar-refractivity contribution in [1.29, 1.82) is 0 Å². The molecule has 2 aromatic carbocycles. The number of hydrogen-bond acceptors (Lipinski definition) is 4. The molecular formula is C26H28N2O2. The van der Waals surface area contributed by atoms with E-state index < -0.39 is 0 Å². The number of ether oxygens (including phenoxy) is 1. The lowest BCUT2D eigenvalue weighted by Gasteiger charge is -2.40. The maximum Gasteiger partial charge on any atom is 0.163 e. The first-order valence-corrected chi connectivity index (χ1v) is 10.4. The predicted molar refractivity (Wildman–Crippen MR) is 120 cm³/mol. The monoisotopic (exact) mass is 400 g/mol. The Morgan fingerprint density at radius 3 is 2.50 bits per heavy atom. The Bertz CT molecular complexity index is 1020. The molecule has 0 bridgehead atoms. The van der Waals surface area contributed by atoms with Crippen LogP contribution < -0.4 is 4.90 Å². The molecule has 154 valence electrons. The third-order valence-electron chi connectivity index (χ3n) is 6.01. The van der Waals surface area contributed by atoms with Crippen LogP contribution in [0, 0.1) is 13.8 Å². The molecule has 4 nitrogen and oxygen atoms in total. The number of carbonyl (C=O) groups is 1. The Labute approximate surface area is 178 Å². The van der Waals surface area contributed by atoms with E-state index in [0.29, 0.717) is 12.5 Å². The molecule has 3 aromatic rings. The van der Waals surface area contributed by atoms with Crippen LogP contribution in [0.3, 0.4) is 0 Å². The van der Waals surface area contributed by atoms with Gasteiger partial charge in [0.05, 0.1) is 6.10 Å². The summed E-state index contributed by atoms with van der Waals surface area (Å²) >= 11 is 0. The van der Waals surface area contributed by atoms with Gasteiger partial charge in [0.25, 0.3) is 0 Å². The molecule has 1 aliphatic rings. The van der Waals surface area contributed by atoms with Gasteiger partial charge in [0.2, 0.25) is 0 Å². The normalized spacial score (nSPS) is 15.0. The second kappa shape index (κ2) is 8.80. The molecule has 0 N–H and O–H groups in total. The van der Waals surface area contributed by atoms with Crippen LogP contribution in [-0.4, -0.2) is 37.1 Å². The van der Waals surface area contributed by atoms with Crippen LogP contribution in [0.5, 0.6) is 0 Å². The molecule has 1 fully saturated rings. The number of benzene rings is 2. The highest BCUT2D eigenvalue weighted by molar-refractivity contribution is 5.96. The first-order chi connectivity index (χ1) is 14.5. The van der Waals surface area contributed by atoms with Crippen molar-refractivity contribution in [2.45, 2.75) is 32.3 Å². The Balaban J connectivity index is 1.61. The minimum Gasteiger partial charge on any atom is -0.378 e. The van der Waals surface area contributed by atoms with Gasteiger partial charge >= 0.3 is 0 Å². The Kier molecular flexibility index (Phi) is 5.96. The third-order valence-corrected chi connectivity index (χ3v) is 6.01. The molecule has 1 saturated heterocycles. The molecule has 0 unspecified atom stereocenters. The second-order valence-corrected chi connectivity index (χ2v) is 8.08. The van der Waals surface area contributed by atoms with Gasteiger partial charge in [-0.2, -0.15) is 0 Å². The van der Waals surface area contributed by atoms with Crippen molar-refractivity contribution in [1.82, 2.24) is 4.98 Å². The van der Waals surface area contributed by atoms with Crippen LogP contribution in [0.25, 0.3) is 0 Å². The number of nitrogens with zero attached hydrogens (tertiary/aromatic N) is 2. The fraction of sp³-hybridized carbons (Fsp3) is 0.308. The highest BCUT2D eigenvalue weighted by atomic mass is 16.5. The average Bonchev–Trinajstić information content (AvgIpc) is 2.72. The summed E-state index contributed by atoms with van der Waals surface area (Å²) in [6.45, 7) is 5.88. The van der Waals surface area contributed by atoms with E-state index in [0.717, 1.165) is 29.9 Å². The van der Waals surface area contributed by atoms with E-state index in [4.69, 9.17) is 4.74 Å². The molecule has 4 heteroatoms. The molecule has 1 atom stereocenters. The number of ketones is 1. The second-order valence-electron chi connectivity index (χ2n) is 8.08. The largest absolute Gasteiger partial charge is 0.378 e. The van der Waals surface area contributed by atoms with E-state index in [2.05, 4.69) is 59.3 Å². The highest BCUT2D eigenvalue weighted by Crippen LogP contribution is 2.33. The SMILES string of the molecule is COC1CN(c2ccc([C@@H](CC(=O)c3ccnc(C)c3)c3ccccc3C)cc2)C1. The number of carbonyl (C=O) groups excluding carboxylic acids is 1.